The molecule has 1 atom stereocenters. The van der Waals surface area contributed by atoms with Crippen LogP contribution in [0.3, 0.4) is 0 Å². The van der Waals surface area contributed by atoms with Crippen LogP contribution < -0.4 is 9.62 Å². The highest BCUT2D eigenvalue weighted by Crippen LogP contribution is 2.35. The molecule has 0 heterocycles. The Morgan fingerprint density at radius 3 is 2.19 bits per heavy atom. The van der Waals surface area contributed by atoms with Crippen molar-refractivity contribution in [3.05, 3.63) is 62.6 Å². The van der Waals surface area contributed by atoms with Crippen LogP contribution in [-0.4, -0.2) is 50.0 Å². The maximum absolute atomic E-state index is 13.8. The number of hydrogen-bond acceptors (Lipinski definition) is 4. The number of anilines is 1. The first-order valence-electron chi connectivity index (χ1n) is 12.2. The van der Waals surface area contributed by atoms with E-state index in [4.69, 9.17) is 34.8 Å². The summed E-state index contributed by atoms with van der Waals surface area (Å²) in [5, 5.41) is 3.37. The van der Waals surface area contributed by atoms with Gasteiger partial charge in [-0.1, -0.05) is 84.4 Å². The van der Waals surface area contributed by atoms with E-state index in [9.17, 15) is 18.0 Å². The molecule has 2 aromatic carbocycles. The molecule has 11 heteroatoms. The van der Waals surface area contributed by atoms with Crippen LogP contribution in [0.15, 0.2) is 36.4 Å². The summed E-state index contributed by atoms with van der Waals surface area (Å²) in [4.78, 5) is 28.6. The summed E-state index contributed by atoms with van der Waals surface area (Å²) in [5.74, 6) is -0.783. The fraction of sp³-hybridized carbons (Fsp3) is 0.462. The normalized spacial score (nSPS) is 14.9. The van der Waals surface area contributed by atoms with Gasteiger partial charge in [0, 0.05) is 12.6 Å². The number of amides is 2. The molecule has 1 saturated carbocycles. The van der Waals surface area contributed by atoms with E-state index in [1.807, 2.05) is 38.1 Å². The number of carbonyl (C=O) groups is 2. The molecule has 0 saturated heterocycles. The van der Waals surface area contributed by atoms with Crippen molar-refractivity contribution in [2.75, 3.05) is 17.1 Å². The minimum Gasteiger partial charge on any atom is -0.352 e. The number of nitrogens with one attached hydrogen (secondary N) is 1. The van der Waals surface area contributed by atoms with Gasteiger partial charge in [0.25, 0.3) is 0 Å². The van der Waals surface area contributed by atoms with Crippen LogP contribution in [0.1, 0.15) is 50.2 Å². The lowest BCUT2D eigenvalue weighted by atomic mass is 10.1. The Morgan fingerprint density at radius 1 is 1.03 bits per heavy atom. The molecule has 7 nitrogen and oxygen atoms in total. The van der Waals surface area contributed by atoms with Crippen molar-refractivity contribution in [2.45, 2.75) is 64.6 Å². The lowest BCUT2D eigenvalue weighted by Gasteiger charge is -2.33. The Bertz CT molecular complexity index is 1230. The van der Waals surface area contributed by atoms with Crippen molar-refractivity contribution >= 4 is 62.3 Å². The molecule has 0 radical (unpaired) electrons. The van der Waals surface area contributed by atoms with Gasteiger partial charge in [0.2, 0.25) is 21.8 Å². The summed E-state index contributed by atoms with van der Waals surface area (Å²) in [7, 11) is -3.95. The molecule has 1 unspecified atom stereocenters. The van der Waals surface area contributed by atoms with E-state index in [0.29, 0.717) is 6.42 Å². The molecule has 0 spiro atoms. The van der Waals surface area contributed by atoms with Crippen LogP contribution >= 0.6 is 34.8 Å². The summed E-state index contributed by atoms with van der Waals surface area (Å²) in [6.07, 6.45) is 5.27. The lowest BCUT2D eigenvalue weighted by Crippen LogP contribution is -2.53. The van der Waals surface area contributed by atoms with Crippen molar-refractivity contribution in [1.29, 1.82) is 0 Å². The van der Waals surface area contributed by atoms with E-state index in [-0.39, 0.29) is 39.2 Å². The highest BCUT2D eigenvalue weighted by molar-refractivity contribution is 7.92. The van der Waals surface area contributed by atoms with Gasteiger partial charge in [0.15, 0.2) is 0 Å². The van der Waals surface area contributed by atoms with Gasteiger partial charge in [-0.3, -0.25) is 13.9 Å². The average Bonchev–Trinajstić information content (AvgIpc) is 3.33. The molecular weight excluding hydrogens is 557 g/mol. The number of hydrogen-bond donors (Lipinski definition) is 1. The first kappa shape index (κ1) is 29.6. The molecule has 0 bridgehead atoms. The molecule has 202 valence electrons. The van der Waals surface area contributed by atoms with Crippen LogP contribution in [-0.2, 0) is 26.2 Å². The fourth-order valence-corrected chi connectivity index (χ4v) is 6.02. The Morgan fingerprint density at radius 2 is 1.62 bits per heavy atom. The lowest BCUT2D eigenvalue weighted by molar-refractivity contribution is -0.140. The van der Waals surface area contributed by atoms with Gasteiger partial charge in [-0.15, -0.1) is 0 Å². The summed E-state index contributed by atoms with van der Waals surface area (Å²) < 4.78 is 26.5. The minimum atomic E-state index is -3.95. The maximum atomic E-state index is 13.8. The van der Waals surface area contributed by atoms with E-state index in [2.05, 4.69) is 5.32 Å². The molecule has 1 aliphatic rings. The smallest absolute Gasteiger partial charge is 0.244 e. The second-order valence-corrected chi connectivity index (χ2v) is 12.5. The van der Waals surface area contributed by atoms with E-state index < -0.39 is 28.5 Å². The zero-order valence-electron chi connectivity index (χ0n) is 21.1. The summed E-state index contributed by atoms with van der Waals surface area (Å²) in [6, 6.07) is 9.58. The van der Waals surface area contributed by atoms with Crippen molar-refractivity contribution in [2.24, 2.45) is 0 Å². The van der Waals surface area contributed by atoms with Crippen LogP contribution in [0.5, 0.6) is 0 Å². The van der Waals surface area contributed by atoms with E-state index in [1.165, 1.54) is 17.0 Å². The molecule has 1 fully saturated rings. The number of sulfonamides is 1. The van der Waals surface area contributed by atoms with Gasteiger partial charge in [0.05, 0.1) is 27.0 Å². The van der Waals surface area contributed by atoms with Crippen LogP contribution in [0, 0.1) is 6.92 Å². The fourth-order valence-electron chi connectivity index (χ4n) is 4.48. The molecule has 2 aromatic rings. The standard InChI is InChI=1S/C26H32Cl3N3O4S/c1-4-23(26(34)30-19-7-5-6-8-19)31(15-18-11-9-17(2)10-12-18)25(33)16-32(37(3,35)36)24-14-21(28)20(27)13-22(24)29/h9-14,19,23H,4-8,15-16H2,1-3H3,(H,30,34). The number of rotatable bonds is 10. The SMILES string of the molecule is CCC(C(=O)NC1CCCC1)N(Cc1ccc(C)cc1)C(=O)CN(c1cc(Cl)c(Cl)cc1Cl)S(C)(=O)=O. The van der Waals surface area contributed by atoms with Gasteiger partial charge in [-0.2, -0.15) is 0 Å². The Balaban J connectivity index is 1.96. The second kappa shape index (κ2) is 12.7. The number of aryl methyl sites for hydroxylation is 1. The van der Waals surface area contributed by atoms with E-state index in [1.54, 1.807) is 0 Å². The summed E-state index contributed by atoms with van der Waals surface area (Å²) in [6.45, 7) is 3.37. The molecule has 37 heavy (non-hydrogen) atoms. The van der Waals surface area contributed by atoms with Gasteiger partial charge >= 0.3 is 0 Å². The van der Waals surface area contributed by atoms with Crippen molar-refractivity contribution in [3.63, 3.8) is 0 Å². The van der Waals surface area contributed by atoms with E-state index in [0.717, 1.165) is 47.4 Å². The van der Waals surface area contributed by atoms with Crippen molar-refractivity contribution < 1.29 is 18.0 Å². The zero-order chi connectivity index (χ0) is 27.3. The molecule has 0 aromatic heterocycles. The summed E-state index contributed by atoms with van der Waals surface area (Å²) >= 11 is 18.5. The number of benzene rings is 2. The quantitative estimate of drug-likeness (QED) is 0.367. The zero-order valence-corrected chi connectivity index (χ0v) is 24.2. The highest BCUT2D eigenvalue weighted by atomic mass is 35.5. The largest absolute Gasteiger partial charge is 0.352 e. The first-order valence-corrected chi connectivity index (χ1v) is 15.2. The number of nitrogens with zero attached hydrogens (tertiary/aromatic N) is 2. The summed E-state index contributed by atoms with van der Waals surface area (Å²) in [5.41, 5.74) is 1.92. The molecule has 2 amide bonds. The topological polar surface area (TPSA) is 86.8 Å². The minimum absolute atomic E-state index is 0.0312. The monoisotopic (exact) mass is 587 g/mol. The van der Waals surface area contributed by atoms with Gasteiger partial charge in [-0.25, -0.2) is 8.42 Å². The highest BCUT2D eigenvalue weighted by Gasteiger charge is 2.33. The van der Waals surface area contributed by atoms with E-state index >= 15 is 0 Å². The predicted octanol–water partition coefficient (Wildman–Crippen LogP) is 5.59. The maximum Gasteiger partial charge on any atom is 0.244 e. The third-order valence-corrected chi connectivity index (χ3v) is 8.65. The number of carbonyl (C=O) groups excluding carboxylic acids is 2. The molecule has 3 rings (SSSR count). The third-order valence-electron chi connectivity index (χ3n) is 6.50. The van der Waals surface area contributed by atoms with Gasteiger partial charge in [-0.05, 0) is 43.9 Å². The number of halogens is 3. The van der Waals surface area contributed by atoms with Gasteiger partial charge in [0.1, 0.15) is 12.6 Å². The Kier molecular flexibility index (Phi) is 10.1. The second-order valence-electron chi connectivity index (χ2n) is 9.41. The van der Waals surface area contributed by atoms with Crippen LogP contribution in [0.4, 0.5) is 5.69 Å². The molecule has 0 aliphatic heterocycles. The predicted molar refractivity (Wildman–Crippen MR) is 150 cm³/mol. The van der Waals surface area contributed by atoms with Gasteiger partial charge < -0.3 is 10.2 Å². The van der Waals surface area contributed by atoms with Crippen molar-refractivity contribution in [1.82, 2.24) is 10.2 Å². The first-order chi connectivity index (χ1) is 17.4. The molecular formula is C26H32Cl3N3O4S. The molecule has 1 N–H and O–H groups in total. The molecule has 1 aliphatic carbocycles. The average molecular weight is 589 g/mol. The van der Waals surface area contributed by atoms with Crippen LogP contribution in [0.2, 0.25) is 15.1 Å². The Labute approximate surface area is 234 Å². The van der Waals surface area contributed by atoms with Crippen LogP contribution in [0.25, 0.3) is 0 Å². The third kappa shape index (κ3) is 7.76. The Hall–Kier alpha value is -2.00. The van der Waals surface area contributed by atoms with Crippen molar-refractivity contribution in [3.8, 4) is 0 Å².